The zero-order valence-electron chi connectivity index (χ0n) is 18.2. The first-order valence-electron chi connectivity index (χ1n) is 10.3. The quantitative estimate of drug-likeness (QED) is 0.304. The molecule has 0 aliphatic heterocycles. The predicted octanol–water partition coefficient (Wildman–Crippen LogP) is 6.00. The third-order valence-corrected chi connectivity index (χ3v) is 5.55. The number of Topliss-reactive ketones (excluding diaryl/α,β-unsaturated/α-hetero) is 1. The van der Waals surface area contributed by atoms with Crippen molar-refractivity contribution in [2.75, 3.05) is 18.0 Å². The zero-order chi connectivity index (χ0) is 22.4. The maximum absolute atomic E-state index is 12.5. The molecule has 5 nitrogen and oxygen atoms in total. The summed E-state index contributed by atoms with van der Waals surface area (Å²) in [4.78, 5) is 23.8. The summed E-state index contributed by atoms with van der Waals surface area (Å²) in [5.74, 6) is 0.283. The second-order valence-corrected chi connectivity index (χ2v) is 7.48. The van der Waals surface area contributed by atoms with E-state index in [4.69, 9.17) is 21.3 Å². The highest BCUT2D eigenvalue weighted by molar-refractivity contribution is 6.49. The van der Waals surface area contributed by atoms with E-state index in [0.717, 1.165) is 30.0 Å². The number of hydrogen-bond acceptors (Lipinski definition) is 5. The topological polar surface area (TPSA) is 54.3 Å². The van der Waals surface area contributed by atoms with Gasteiger partial charge in [-0.25, -0.2) is 9.98 Å². The first-order valence-corrected chi connectivity index (χ1v) is 10.6. The number of rotatable bonds is 7. The van der Waals surface area contributed by atoms with Crippen LogP contribution >= 0.6 is 11.6 Å². The minimum atomic E-state index is -0.348. The number of carbonyl (C=O) groups excluding carboxylic acids is 1. The molecule has 1 aliphatic carbocycles. The highest BCUT2D eigenvalue weighted by atomic mass is 35.5. The molecule has 0 amide bonds. The van der Waals surface area contributed by atoms with E-state index in [1.165, 1.54) is 6.40 Å². The third-order valence-electron chi connectivity index (χ3n) is 5.09. The molecular formula is C25H26ClN3O2. The van der Waals surface area contributed by atoms with Crippen molar-refractivity contribution in [1.82, 2.24) is 0 Å². The Bertz CT molecular complexity index is 1080. The van der Waals surface area contributed by atoms with Gasteiger partial charge in [0.05, 0.1) is 16.4 Å². The van der Waals surface area contributed by atoms with Gasteiger partial charge >= 0.3 is 0 Å². The number of carbonyl (C=O) groups is 1. The summed E-state index contributed by atoms with van der Waals surface area (Å²) in [7, 11) is 0. The number of anilines is 1. The number of aliphatic imine (C=N–C) groups is 2. The number of para-hydroxylation sites is 1. The molecule has 0 aromatic heterocycles. The summed E-state index contributed by atoms with van der Waals surface area (Å²) >= 11 is 6.30. The van der Waals surface area contributed by atoms with Gasteiger partial charge in [0, 0.05) is 18.8 Å². The van der Waals surface area contributed by atoms with Crippen LogP contribution in [0.2, 0.25) is 0 Å². The van der Waals surface area contributed by atoms with Crippen LogP contribution in [0.3, 0.4) is 0 Å². The fraction of sp³-hybridized carbons (Fsp3) is 0.240. The predicted molar refractivity (Wildman–Crippen MR) is 129 cm³/mol. The Hall–Kier alpha value is -3.18. The summed E-state index contributed by atoms with van der Waals surface area (Å²) in [6.45, 7) is 9.97. The molecule has 0 N–H and O–H groups in total. The minimum absolute atomic E-state index is 0.116. The highest BCUT2D eigenvalue weighted by Crippen LogP contribution is 2.29. The van der Waals surface area contributed by atoms with Crippen molar-refractivity contribution in [3.05, 3.63) is 76.5 Å². The van der Waals surface area contributed by atoms with Gasteiger partial charge in [0.25, 0.3) is 0 Å². The van der Waals surface area contributed by atoms with E-state index < -0.39 is 0 Å². The average Bonchev–Trinajstić information content (AvgIpc) is 2.78. The van der Waals surface area contributed by atoms with Crippen LogP contribution in [0.4, 0.5) is 11.4 Å². The molecule has 3 rings (SSSR count). The molecule has 0 atom stereocenters. The molecule has 2 aromatic rings. The Morgan fingerprint density at radius 3 is 2.42 bits per heavy atom. The summed E-state index contributed by atoms with van der Waals surface area (Å²) in [5.41, 5.74) is 4.45. The van der Waals surface area contributed by atoms with Gasteiger partial charge in [0.1, 0.15) is 11.4 Å². The van der Waals surface area contributed by atoms with Gasteiger partial charge in [0.15, 0.2) is 6.40 Å². The van der Waals surface area contributed by atoms with Crippen molar-refractivity contribution in [3.63, 3.8) is 0 Å². The molecule has 0 saturated heterocycles. The number of hydrogen-bond donors (Lipinski definition) is 0. The van der Waals surface area contributed by atoms with Crippen LogP contribution < -0.4 is 9.64 Å². The smallest absolute Gasteiger partial charge is 0.223 e. The standard InChI is InChI=1S/C25H26ClN3O2/c1-5-29(6-2)19-12-13-21(17(3)14-19)28-22-15-23(25(30)24(26)18(22)4)27-16-31-20-10-8-7-9-11-20/h7-16H,5-6H2,1-4H3. The Balaban J connectivity index is 1.89. The summed E-state index contributed by atoms with van der Waals surface area (Å²) in [5, 5.41) is 0.116. The fourth-order valence-electron chi connectivity index (χ4n) is 3.23. The number of ketones is 1. The van der Waals surface area contributed by atoms with Gasteiger partial charge in [0.2, 0.25) is 5.78 Å². The van der Waals surface area contributed by atoms with Crippen LogP contribution in [0.15, 0.2) is 80.9 Å². The number of nitrogens with zero attached hydrogens (tertiary/aromatic N) is 3. The average molecular weight is 436 g/mol. The lowest BCUT2D eigenvalue weighted by molar-refractivity contribution is -0.111. The van der Waals surface area contributed by atoms with Gasteiger partial charge in [-0.15, -0.1) is 0 Å². The fourth-order valence-corrected chi connectivity index (χ4v) is 3.43. The minimum Gasteiger partial charge on any atom is -0.446 e. The first kappa shape index (κ1) is 22.5. The van der Waals surface area contributed by atoms with Crippen LogP contribution in [0.5, 0.6) is 5.75 Å². The first-order chi connectivity index (χ1) is 14.9. The molecular weight excluding hydrogens is 410 g/mol. The molecule has 0 heterocycles. The van der Waals surface area contributed by atoms with E-state index in [1.807, 2.05) is 31.2 Å². The molecule has 0 radical (unpaired) electrons. The normalized spacial score (nSPS) is 15.6. The van der Waals surface area contributed by atoms with Gasteiger partial charge in [-0.2, -0.15) is 0 Å². The lowest BCUT2D eigenvalue weighted by Crippen LogP contribution is -2.21. The molecule has 31 heavy (non-hydrogen) atoms. The van der Waals surface area contributed by atoms with Crippen LogP contribution in [0.1, 0.15) is 26.3 Å². The van der Waals surface area contributed by atoms with Crippen molar-refractivity contribution in [2.24, 2.45) is 9.98 Å². The van der Waals surface area contributed by atoms with Gasteiger partial charge in [-0.05, 0) is 75.2 Å². The molecule has 0 fully saturated rings. The van der Waals surface area contributed by atoms with Crippen LogP contribution in [0, 0.1) is 6.92 Å². The van der Waals surface area contributed by atoms with Crippen LogP contribution in [0.25, 0.3) is 0 Å². The molecule has 0 bridgehead atoms. The molecule has 6 heteroatoms. The monoisotopic (exact) mass is 435 g/mol. The second-order valence-electron chi connectivity index (χ2n) is 7.10. The maximum atomic E-state index is 12.5. The van der Waals surface area contributed by atoms with Crippen molar-refractivity contribution < 1.29 is 9.53 Å². The van der Waals surface area contributed by atoms with E-state index in [-0.39, 0.29) is 16.5 Å². The van der Waals surface area contributed by atoms with Crippen molar-refractivity contribution in [2.45, 2.75) is 27.7 Å². The van der Waals surface area contributed by atoms with E-state index in [1.54, 1.807) is 25.1 Å². The highest BCUT2D eigenvalue weighted by Gasteiger charge is 2.23. The van der Waals surface area contributed by atoms with E-state index >= 15 is 0 Å². The van der Waals surface area contributed by atoms with Crippen molar-refractivity contribution in [3.8, 4) is 5.75 Å². The molecule has 0 unspecified atom stereocenters. The van der Waals surface area contributed by atoms with Gasteiger partial charge < -0.3 is 9.64 Å². The lowest BCUT2D eigenvalue weighted by atomic mass is 10.0. The number of aryl methyl sites for hydroxylation is 1. The Kier molecular flexibility index (Phi) is 7.42. The number of ether oxygens (including phenoxy) is 1. The second kappa shape index (κ2) is 10.2. The number of allylic oxidation sites excluding steroid dienone is 3. The van der Waals surface area contributed by atoms with Crippen LogP contribution in [-0.2, 0) is 4.79 Å². The van der Waals surface area contributed by atoms with E-state index in [0.29, 0.717) is 17.0 Å². The molecule has 0 saturated carbocycles. The zero-order valence-corrected chi connectivity index (χ0v) is 19.0. The van der Waals surface area contributed by atoms with Gasteiger partial charge in [-0.3, -0.25) is 4.79 Å². The summed E-state index contributed by atoms with van der Waals surface area (Å²) in [6, 6.07) is 15.4. The van der Waals surface area contributed by atoms with Crippen molar-refractivity contribution >= 4 is 40.9 Å². The van der Waals surface area contributed by atoms with Crippen molar-refractivity contribution in [1.29, 1.82) is 0 Å². The van der Waals surface area contributed by atoms with E-state index in [9.17, 15) is 4.79 Å². The Morgan fingerprint density at radius 1 is 1.06 bits per heavy atom. The molecule has 0 spiro atoms. The van der Waals surface area contributed by atoms with Gasteiger partial charge in [-0.1, -0.05) is 29.8 Å². The largest absolute Gasteiger partial charge is 0.446 e. The SMILES string of the molecule is CCN(CC)c1ccc(N=C2C=C(N=COc3ccccc3)C(=O)C(Cl)=C2C)c(C)c1. The molecule has 2 aromatic carbocycles. The Morgan fingerprint density at radius 2 is 1.77 bits per heavy atom. The Labute approximate surface area is 188 Å². The third kappa shape index (κ3) is 5.30. The van der Waals surface area contributed by atoms with E-state index in [2.05, 4.69) is 35.9 Å². The molecule has 1 aliphatic rings. The molecule has 160 valence electrons. The summed E-state index contributed by atoms with van der Waals surface area (Å²) < 4.78 is 5.46. The van der Waals surface area contributed by atoms with Crippen LogP contribution in [-0.4, -0.2) is 31.0 Å². The lowest BCUT2D eigenvalue weighted by Gasteiger charge is -2.22. The maximum Gasteiger partial charge on any atom is 0.223 e. The number of benzene rings is 2. The number of halogens is 1. The summed E-state index contributed by atoms with van der Waals surface area (Å²) in [6.07, 6.45) is 2.89.